The fourth-order valence-corrected chi connectivity index (χ4v) is 4.22. The molecular weight excluding hydrogens is 442 g/mol. The Hall–Kier alpha value is -3.15. The second-order valence-corrected chi connectivity index (χ2v) is 8.77. The lowest BCUT2D eigenvalue weighted by molar-refractivity contribution is -0.118. The molecule has 0 radical (unpaired) electrons. The van der Waals surface area contributed by atoms with Crippen LogP contribution >= 0.6 is 11.8 Å². The number of fused-ring (bicyclic) bond motifs is 1. The summed E-state index contributed by atoms with van der Waals surface area (Å²) >= 11 is 1.19. The van der Waals surface area contributed by atoms with E-state index in [9.17, 15) is 22.6 Å². The molecule has 0 unspecified atom stereocenters. The van der Waals surface area contributed by atoms with Crippen molar-refractivity contribution in [1.29, 1.82) is 0 Å². The zero-order chi connectivity index (χ0) is 22.4. The smallest absolute Gasteiger partial charge is 0.337 e. The van der Waals surface area contributed by atoms with Gasteiger partial charge in [0.1, 0.15) is 4.90 Å². The van der Waals surface area contributed by atoms with Gasteiger partial charge in [-0.15, -0.1) is 0 Å². The van der Waals surface area contributed by atoms with Gasteiger partial charge >= 0.3 is 5.97 Å². The van der Waals surface area contributed by atoms with E-state index in [4.69, 9.17) is 5.11 Å². The van der Waals surface area contributed by atoms with Crippen molar-refractivity contribution in [1.82, 2.24) is 10.3 Å². The van der Waals surface area contributed by atoms with Gasteiger partial charge in [-0.1, -0.05) is 36.0 Å². The Kier molecular flexibility index (Phi) is 7.10. The first-order chi connectivity index (χ1) is 14.8. The van der Waals surface area contributed by atoms with Crippen LogP contribution in [-0.4, -0.2) is 53.8 Å². The van der Waals surface area contributed by atoms with Gasteiger partial charge in [0.05, 0.1) is 16.3 Å². The average molecular weight is 464 g/mol. The first kappa shape index (κ1) is 22.5. The summed E-state index contributed by atoms with van der Waals surface area (Å²) in [5.74, 6) is -1.14. The molecule has 0 saturated heterocycles. The lowest BCUT2D eigenvalue weighted by Gasteiger charge is -2.12. The Morgan fingerprint density at radius 2 is 1.77 bits per heavy atom. The number of carbonyl (C=O) groups excluding carboxylic acids is 1. The van der Waals surface area contributed by atoms with E-state index in [2.05, 4.69) is 15.6 Å². The maximum Gasteiger partial charge on any atom is 0.337 e. The minimum absolute atomic E-state index is 0. The van der Waals surface area contributed by atoms with Crippen LogP contribution in [-0.2, 0) is 14.9 Å². The number of anilines is 1. The van der Waals surface area contributed by atoms with Gasteiger partial charge in [-0.25, -0.2) is 9.78 Å². The van der Waals surface area contributed by atoms with E-state index < -0.39 is 16.1 Å². The molecule has 2 aromatic carbocycles. The Morgan fingerprint density at radius 3 is 2.45 bits per heavy atom. The van der Waals surface area contributed by atoms with Crippen LogP contribution in [0, 0.1) is 0 Å². The molecule has 9 nitrogen and oxygen atoms in total. The molecule has 3 rings (SSSR count). The van der Waals surface area contributed by atoms with Crippen LogP contribution in [0.15, 0.2) is 64.6 Å². The van der Waals surface area contributed by atoms with E-state index in [1.165, 1.54) is 30.1 Å². The van der Waals surface area contributed by atoms with Gasteiger partial charge in [0.25, 0.3) is 10.1 Å². The van der Waals surface area contributed by atoms with Crippen molar-refractivity contribution in [3.8, 4) is 0 Å². The Morgan fingerprint density at radius 1 is 1.03 bits per heavy atom. The van der Waals surface area contributed by atoms with Gasteiger partial charge in [0.2, 0.25) is 5.91 Å². The highest BCUT2D eigenvalue weighted by Crippen LogP contribution is 2.28. The van der Waals surface area contributed by atoms with Crippen molar-refractivity contribution >= 4 is 50.2 Å². The summed E-state index contributed by atoms with van der Waals surface area (Å²) in [7, 11) is -4.34. The standard InChI is InChI=1S/C20H19N3O6S2.H2/c24-18(12-30-19-8-7-13(11-23-19)20(25)26)22-10-9-21-16-5-1-4-15-14(16)3-2-6-17(15)31(27,28)29;/h1-8,11,21H,9-10,12H2,(H,22,24)(H,25,26)(H,27,28,29);1H. The van der Waals surface area contributed by atoms with E-state index in [0.29, 0.717) is 34.6 Å². The maximum absolute atomic E-state index is 12.0. The summed E-state index contributed by atoms with van der Waals surface area (Å²) in [4.78, 5) is 26.6. The van der Waals surface area contributed by atoms with Crippen LogP contribution in [0.2, 0.25) is 0 Å². The van der Waals surface area contributed by atoms with Crippen molar-refractivity contribution in [3.63, 3.8) is 0 Å². The zero-order valence-electron chi connectivity index (χ0n) is 16.1. The molecule has 164 valence electrons. The van der Waals surface area contributed by atoms with Crippen LogP contribution in [0.3, 0.4) is 0 Å². The van der Waals surface area contributed by atoms with Crippen LogP contribution in [0.5, 0.6) is 0 Å². The molecule has 31 heavy (non-hydrogen) atoms. The molecule has 0 bridgehead atoms. The highest BCUT2D eigenvalue weighted by atomic mass is 32.2. The third-order valence-corrected chi connectivity index (χ3v) is 6.11. The largest absolute Gasteiger partial charge is 0.478 e. The lowest BCUT2D eigenvalue weighted by atomic mass is 10.1. The molecule has 0 spiro atoms. The summed E-state index contributed by atoms with van der Waals surface area (Å²) < 4.78 is 32.5. The molecule has 0 aliphatic heterocycles. The number of carbonyl (C=O) groups is 2. The van der Waals surface area contributed by atoms with Crippen LogP contribution < -0.4 is 10.6 Å². The predicted molar refractivity (Wildman–Crippen MR) is 119 cm³/mol. The molecule has 4 N–H and O–H groups in total. The minimum atomic E-state index is -4.34. The number of amides is 1. The molecule has 0 fully saturated rings. The number of rotatable bonds is 9. The van der Waals surface area contributed by atoms with Gasteiger partial charge in [-0.05, 0) is 24.3 Å². The number of hydrogen-bond acceptors (Lipinski definition) is 7. The normalized spacial score (nSPS) is 11.3. The van der Waals surface area contributed by atoms with Crippen molar-refractivity contribution < 1.29 is 29.1 Å². The number of pyridine rings is 1. The first-order valence-electron chi connectivity index (χ1n) is 9.07. The monoisotopic (exact) mass is 463 g/mol. The maximum atomic E-state index is 12.0. The number of carboxylic acids is 1. The van der Waals surface area contributed by atoms with E-state index in [1.807, 2.05) is 0 Å². The van der Waals surface area contributed by atoms with Crippen molar-refractivity contribution in [3.05, 3.63) is 60.3 Å². The second-order valence-electron chi connectivity index (χ2n) is 6.39. The topological polar surface area (TPSA) is 146 Å². The molecule has 11 heteroatoms. The van der Waals surface area contributed by atoms with Gasteiger partial charge in [-0.3, -0.25) is 9.35 Å². The molecule has 0 saturated carbocycles. The SMILES string of the molecule is O=C(CSc1ccc(C(=O)O)cn1)NCCNc1cccc2c(S(=O)(=O)O)cccc12.[HH]. The fourth-order valence-electron chi connectivity index (χ4n) is 2.84. The highest BCUT2D eigenvalue weighted by molar-refractivity contribution is 7.99. The van der Waals surface area contributed by atoms with E-state index in [0.717, 1.165) is 0 Å². The number of nitrogens with zero attached hydrogens (tertiary/aromatic N) is 1. The number of hydrogen-bond donors (Lipinski definition) is 4. The Balaban J connectivity index is 0.00000363. The number of thioether (sulfide) groups is 1. The summed E-state index contributed by atoms with van der Waals surface area (Å²) in [6, 6.07) is 12.7. The number of nitrogens with one attached hydrogen (secondary N) is 2. The molecule has 3 aromatic rings. The molecule has 1 aromatic heterocycles. The summed E-state index contributed by atoms with van der Waals surface area (Å²) in [6.07, 6.45) is 1.24. The van der Waals surface area contributed by atoms with E-state index >= 15 is 0 Å². The van der Waals surface area contributed by atoms with Gasteiger partial charge in [0.15, 0.2) is 0 Å². The molecule has 0 atom stereocenters. The van der Waals surface area contributed by atoms with Crippen LogP contribution in [0.4, 0.5) is 5.69 Å². The Labute approximate surface area is 184 Å². The first-order valence-corrected chi connectivity index (χ1v) is 11.5. The van der Waals surface area contributed by atoms with Crippen LogP contribution in [0.25, 0.3) is 10.8 Å². The molecule has 1 heterocycles. The average Bonchev–Trinajstić information content (AvgIpc) is 2.74. The second kappa shape index (κ2) is 9.77. The van der Waals surface area contributed by atoms with E-state index in [-0.39, 0.29) is 23.5 Å². The van der Waals surface area contributed by atoms with Gasteiger partial charge in [0, 0.05) is 37.2 Å². The minimum Gasteiger partial charge on any atom is -0.478 e. The molecule has 1 amide bonds. The van der Waals surface area contributed by atoms with Gasteiger partial charge in [-0.2, -0.15) is 8.42 Å². The number of benzene rings is 2. The van der Waals surface area contributed by atoms with E-state index in [1.54, 1.807) is 36.4 Å². The molecular formula is C20H21N3O6S2. The molecule has 0 aliphatic carbocycles. The summed E-state index contributed by atoms with van der Waals surface area (Å²) in [5.41, 5.74) is 0.756. The summed E-state index contributed by atoms with van der Waals surface area (Å²) in [6.45, 7) is 0.732. The highest BCUT2D eigenvalue weighted by Gasteiger charge is 2.14. The van der Waals surface area contributed by atoms with Gasteiger partial charge < -0.3 is 15.7 Å². The predicted octanol–water partition coefficient (Wildman–Crippen LogP) is 2.75. The van der Waals surface area contributed by atoms with Crippen LogP contribution in [0.1, 0.15) is 11.8 Å². The lowest BCUT2D eigenvalue weighted by Crippen LogP contribution is -2.30. The van der Waals surface area contributed by atoms with Crippen molar-refractivity contribution in [2.24, 2.45) is 0 Å². The van der Waals surface area contributed by atoms with Crippen molar-refractivity contribution in [2.45, 2.75) is 9.92 Å². The number of carboxylic acid groups (broad SMARTS) is 1. The summed E-state index contributed by atoms with van der Waals surface area (Å²) in [5, 5.41) is 16.3. The fraction of sp³-hybridized carbons (Fsp3) is 0.150. The number of aromatic nitrogens is 1. The zero-order valence-corrected chi connectivity index (χ0v) is 17.7. The Bertz CT molecular complexity index is 1220. The third-order valence-electron chi connectivity index (χ3n) is 4.26. The quantitative estimate of drug-likeness (QED) is 0.214. The number of aromatic carboxylic acids is 1. The molecule has 0 aliphatic rings. The third kappa shape index (κ3) is 5.94. The van der Waals surface area contributed by atoms with Crippen molar-refractivity contribution in [2.75, 3.05) is 24.2 Å².